The van der Waals surface area contributed by atoms with Gasteiger partial charge in [0, 0.05) is 56.6 Å². The predicted molar refractivity (Wildman–Crippen MR) is 145 cm³/mol. The van der Waals surface area contributed by atoms with E-state index < -0.39 is 30.2 Å². The molecule has 12 heteroatoms. The molecule has 2 saturated heterocycles. The van der Waals surface area contributed by atoms with E-state index in [-0.39, 0.29) is 18.0 Å². The fourth-order valence-corrected chi connectivity index (χ4v) is 4.72. The Morgan fingerprint density at radius 1 is 1.08 bits per heavy atom. The molecule has 3 amide bonds. The lowest BCUT2D eigenvalue weighted by Gasteiger charge is -2.31. The maximum atomic E-state index is 13.7. The van der Waals surface area contributed by atoms with Crippen LogP contribution in [0, 0.1) is 0 Å². The number of nitrogens with zero attached hydrogens (tertiary/aromatic N) is 4. The van der Waals surface area contributed by atoms with E-state index in [1.54, 1.807) is 41.3 Å². The molecule has 0 bridgehead atoms. The number of aromatic nitrogens is 1. The summed E-state index contributed by atoms with van der Waals surface area (Å²) in [5.41, 5.74) is 0.938. The summed E-state index contributed by atoms with van der Waals surface area (Å²) in [6.45, 7) is 3.99. The number of amides is 3. The molecule has 11 nitrogen and oxygen atoms in total. The fourth-order valence-electron chi connectivity index (χ4n) is 4.61. The highest BCUT2D eigenvalue weighted by Crippen LogP contribution is 2.22. The van der Waals surface area contributed by atoms with Crippen molar-refractivity contribution >= 4 is 46.8 Å². The van der Waals surface area contributed by atoms with E-state index in [0.29, 0.717) is 62.3 Å². The molecular weight excluding hydrogens is 526 g/mol. The van der Waals surface area contributed by atoms with Gasteiger partial charge < -0.3 is 20.1 Å². The number of nitrogens with one attached hydrogen (secondary N) is 1. The SMILES string of the molecule is O=C(O)C[C@H](NC(=O)c1ccc(N2CCCCC2=O)cc1)C(=O)N(CCN1CCOCC1)c1ccc(Cl)cn1. The molecule has 4 rings (SSSR count). The normalized spacial score (nSPS) is 16.9. The quantitative estimate of drug-likeness (QED) is 0.454. The van der Waals surface area contributed by atoms with Crippen molar-refractivity contribution < 1.29 is 29.0 Å². The molecule has 0 saturated carbocycles. The molecule has 0 unspecified atom stereocenters. The number of anilines is 2. The number of hydrogen-bond donors (Lipinski definition) is 2. The van der Waals surface area contributed by atoms with Gasteiger partial charge in [0.05, 0.1) is 24.7 Å². The van der Waals surface area contributed by atoms with Crippen molar-refractivity contribution in [3.8, 4) is 0 Å². The van der Waals surface area contributed by atoms with Gasteiger partial charge in [-0.2, -0.15) is 0 Å². The largest absolute Gasteiger partial charge is 0.481 e. The second kappa shape index (κ2) is 13.5. The Kier molecular flexibility index (Phi) is 9.85. The molecule has 2 N–H and O–H groups in total. The number of carboxylic acids is 1. The molecule has 208 valence electrons. The van der Waals surface area contributed by atoms with Crippen molar-refractivity contribution in [1.82, 2.24) is 15.2 Å². The van der Waals surface area contributed by atoms with Crippen LogP contribution in [-0.2, 0) is 19.1 Å². The van der Waals surface area contributed by atoms with Gasteiger partial charge in [-0.25, -0.2) is 4.98 Å². The Hall–Kier alpha value is -3.54. The monoisotopic (exact) mass is 557 g/mol. The topological polar surface area (TPSA) is 132 Å². The molecule has 2 fully saturated rings. The number of rotatable bonds is 10. The number of benzene rings is 1. The summed E-state index contributed by atoms with van der Waals surface area (Å²) in [5, 5.41) is 12.5. The van der Waals surface area contributed by atoms with Crippen LogP contribution in [-0.4, -0.2) is 90.7 Å². The number of pyridine rings is 1. The highest BCUT2D eigenvalue weighted by Gasteiger charge is 2.31. The van der Waals surface area contributed by atoms with Gasteiger partial charge >= 0.3 is 5.97 Å². The second-order valence-electron chi connectivity index (χ2n) is 9.45. The minimum absolute atomic E-state index is 0.0403. The number of carbonyl (C=O) groups is 4. The van der Waals surface area contributed by atoms with Crippen LogP contribution in [0.5, 0.6) is 0 Å². The maximum Gasteiger partial charge on any atom is 0.305 e. The van der Waals surface area contributed by atoms with Crippen LogP contribution in [0.4, 0.5) is 11.5 Å². The lowest BCUT2D eigenvalue weighted by atomic mass is 10.1. The van der Waals surface area contributed by atoms with Gasteiger partial charge in [0.2, 0.25) is 5.91 Å². The first kappa shape index (κ1) is 28.5. The highest BCUT2D eigenvalue weighted by molar-refractivity contribution is 6.30. The van der Waals surface area contributed by atoms with E-state index in [4.69, 9.17) is 16.3 Å². The molecule has 1 aromatic heterocycles. The van der Waals surface area contributed by atoms with Crippen LogP contribution < -0.4 is 15.1 Å². The van der Waals surface area contributed by atoms with Crippen LogP contribution in [0.3, 0.4) is 0 Å². The summed E-state index contributed by atoms with van der Waals surface area (Å²) in [6.07, 6.45) is 3.07. The fraction of sp³-hybridized carbons (Fsp3) is 0.444. The van der Waals surface area contributed by atoms with E-state index in [1.165, 1.54) is 11.1 Å². The van der Waals surface area contributed by atoms with E-state index in [0.717, 1.165) is 12.8 Å². The minimum Gasteiger partial charge on any atom is -0.481 e. The first-order chi connectivity index (χ1) is 18.8. The first-order valence-corrected chi connectivity index (χ1v) is 13.4. The van der Waals surface area contributed by atoms with Gasteiger partial charge in [-0.1, -0.05) is 11.6 Å². The third-order valence-corrected chi connectivity index (χ3v) is 6.97. The van der Waals surface area contributed by atoms with Crippen LogP contribution >= 0.6 is 11.6 Å². The molecule has 0 radical (unpaired) electrons. The number of halogens is 1. The van der Waals surface area contributed by atoms with Gasteiger partial charge in [-0.3, -0.25) is 29.0 Å². The predicted octanol–water partition coefficient (Wildman–Crippen LogP) is 2.19. The van der Waals surface area contributed by atoms with E-state index in [9.17, 15) is 24.3 Å². The zero-order chi connectivity index (χ0) is 27.8. The van der Waals surface area contributed by atoms with Crippen LogP contribution in [0.25, 0.3) is 0 Å². The van der Waals surface area contributed by atoms with Crippen molar-refractivity contribution in [2.75, 3.05) is 55.7 Å². The lowest BCUT2D eigenvalue weighted by molar-refractivity contribution is -0.139. The number of morpholine rings is 1. The summed E-state index contributed by atoms with van der Waals surface area (Å²) in [4.78, 5) is 60.1. The molecule has 1 aromatic carbocycles. The number of carboxylic acid groups (broad SMARTS) is 1. The van der Waals surface area contributed by atoms with Crippen molar-refractivity contribution in [3.63, 3.8) is 0 Å². The first-order valence-electron chi connectivity index (χ1n) is 13.0. The Morgan fingerprint density at radius 3 is 2.46 bits per heavy atom. The number of piperidine rings is 1. The van der Waals surface area contributed by atoms with Crippen molar-refractivity contribution in [3.05, 3.63) is 53.2 Å². The van der Waals surface area contributed by atoms with E-state index >= 15 is 0 Å². The highest BCUT2D eigenvalue weighted by atomic mass is 35.5. The molecule has 3 heterocycles. The smallest absolute Gasteiger partial charge is 0.305 e. The second-order valence-corrected chi connectivity index (χ2v) is 9.89. The molecule has 0 aliphatic carbocycles. The average Bonchev–Trinajstić information content (AvgIpc) is 2.94. The standard InChI is InChI=1S/C27H32ClN5O6/c28-20-6-9-23(29-18-20)33(12-11-31-13-15-39-16-14-31)27(38)22(17-25(35)36)30-26(37)19-4-7-21(8-5-19)32-10-2-1-3-24(32)34/h4-9,18,22H,1-3,10-17H2,(H,30,37)(H,35,36)/t22-/m0/s1. The van der Waals surface area contributed by atoms with Crippen molar-refractivity contribution in [2.45, 2.75) is 31.7 Å². The third-order valence-electron chi connectivity index (χ3n) is 6.74. The minimum atomic E-state index is -1.33. The average molecular weight is 558 g/mol. The molecule has 2 aliphatic rings. The Bertz CT molecular complexity index is 1170. The maximum absolute atomic E-state index is 13.7. The molecule has 0 spiro atoms. The van der Waals surface area contributed by atoms with E-state index in [1.807, 2.05) is 0 Å². The number of aliphatic carboxylic acids is 1. The molecule has 2 aliphatic heterocycles. The number of carbonyl (C=O) groups excluding carboxylic acids is 3. The summed E-state index contributed by atoms with van der Waals surface area (Å²) in [5.74, 6) is -2.08. The summed E-state index contributed by atoms with van der Waals surface area (Å²) < 4.78 is 5.39. The third kappa shape index (κ3) is 7.75. The summed E-state index contributed by atoms with van der Waals surface area (Å²) in [7, 11) is 0. The van der Waals surface area contributed by atoms with Gasteiger partial charge in [0.15, 0.2) is 0 Å². The van der Waals surface area contributed by atoms with Gasteiger partial charge in [-0.15, -0.1) is 0 Å². The van der Waals surface area contributed by atoms with Crippen LogP contribution in [0.2, 0.25) is 5.02 Å². The molecule has 1 atom stereocenters. The summed E-state index contributed by atoms with van der Waals surface area (Å²) in [6, 6.07) is 8.33. The number of hydrogen-bond acceptors (Lipinski definition) is 7. The van der Waals surface area contributed by atoms with Gasteiger partial charge in [0.25, 0.3) is 11.8 Å². The van der Waals surface area contributed by atoms with Crippen molar-refractivity contribution in [1.29, 1.82) is 0 Å². The number of ether oxygens (including phenoxy) is 1. The molecule has 39 heavy (non-hydrogen) atoms. The van der Waals surface area contributed by atoms with Crippen LogP contribution in [0.1, 0.15) is 36.0 Å². The Morgan fingerprint density at radius 2 is 1.82 bits per heavy atom. The Balaban J connectivity index is 1.50. The summed E-state index contributed by atoms with van der Waals surface area (Å²) >= 11 is 5.99. The van der Waals surface area contributed by atoms with Gasteiger partial charge in [-0.05, 0) is 49.2 Å². The van der Waals surface area contributed by atoms with Crippen LogP contribution in [0.15, 0.2) is 42.6 Å². The molecule has 2 aromatic rings. The van der Waals surface area contributed by atoms with Crippen molar-refractivity contribution in [2.24, 2.45) is 0 Å². The Labute approximate surface area is 231 Å². The lowest BCUT2D eigenvalue weighted by Crippen LogP contribution is -2.52. The zero-order valence-corrected chi connectivity index (χ0v) is 22.3. The zero-order valence-electron chi connectivity index (χ0n) is 21.6. The van der Waals surface area contributed by atoms with E-state index in [2.05, 4.69) is 15.2 Å². The van der Waals surface area contributed by atoms with Gasteiger partial charge in [0.1, 0.15) is 11.9 Å². The molecular formula is C27H32ClN5O6.